The van der Waals surface area contributed by atoms with E-state index >= 15 is 0 Å². The van der Waals surface area contributed by atoms with E-state index in [-0.39, 0.29) is 0 Å². The number of aryl methyl sites for hydroxylation is 1. The fourth-order valence-corrected chi connectivity index (χ4v) is 3.93. The number of hydrogen-bond acceptors (Lipinski definition) is 2. The number of hydrogen-bond donors (Lipinski definition) is 0. The van der Waals surface area contributed by atoms with Crippen LogP contribution in [0.15, 0.2) is 66.7 Å². The lowest BCUT2D eigenvalue weighted by atomic mass is 9.84. The minimum Gasteiger partial charge on any atom is -0.298 e. The van der Waals surface area contributed by atoms with Crippen molar-refractivity contribution in [2.45, 2.75) is 45.4 Å². The molecule has 3 aromatic rings. The Morgan fingerprint density at radius 2 is 1.28 bits per heavy atom. The van der Waals surface area contributed by atoms with Gasteiger partial charge < -0.3 is 0 Å². The molecule has 0 aliphatic carbocycles. The third-order valence-corrected chi connectivity index (χ3v) is 5.43. The second-order valence-electron chi connectivity index (χ2n) is 7.42. The van der Waals surface area contributed by atoms with Gasteiger partial charge in [0.1, 0.15) is 0 Å². The quantitative estimate of drug-likeness (QED) is 0.274. The van der Waals surface area contributed by atoms with Crippen molar-refractivity contribution in [2.75, 3.05) is 0 Å². The van der Waals surface area contributed by atoms with E-state index < -0.39 is 0 Å². The molecule has 3 rings (SSSR count). The van der Waals surface area contributed by atoms with Crippen LogP contribution in [0.2, 0.25) is 0 Å². The number of benzene rings is 3. The molecule has 0 heterocycles. The molecule has 0 aliphatic rings. The Hall–Kier alpha value is -3.00. The van der Waals surface area contributed by atoms with Crippen LogP contribution in [0.4, 0.5) is 0 Å². The van der Waals surface area contributed by atoms with Gasteiger partial charge in [-0.25, -0.2) is 0 Å². The molecule has 0 spiro atoms. The summed E-state index contributed by atoms with van der Waals surface area (Å²) in [6.45, 7) is 2.20. The van der Waals surface area contributed by atoms with Crippen molar-refractivity contribution < 1.29 is 9.59 Å². The van der Waals surface area contributed by atoms with Crippen LogP contribution >= 0.6 is 0 Å². The zero-order valence-electron chi connectivity index (χ0n) is 17.1. The third-order valence-electron chi connectivity index (χ3n) is 5.43. The lowest BCUT2D eigenvalue weighted by Crippen LogP contribution is -2.04. The van der Waals surface area contributed by atoms with Crippen LogP contribution in [-0.2, 0) is 6.42 Å². The first-order valence-electron chi connectivity index (χ1n) is 10.5. The van der Waals surface area contributed by atoms with E-state index in [1.807, 2.05) is 48.5 Å². The standard InChI is InChI=1S/C27H28O2/c1-2-3-4-5-8-17-23-18-24(21-13-9-6-10-14-21)27(22-15-11-7-12-16-22)26(20-29)25(23)19-28/h6-7,9-16,18-20H,2-5,8,17H2,1H3. The molecule has 2 nitrogen and oxygen atoms in total. The van der Waals surface area contributed by atoms with E-state index in [0.29, 0.717) is 11.1 Å². The van der Waals surface area contributed by atoms with Gasteiger partial charge in [-0.2, -0.15) is 0 Å². The maximum atomic E-state index is 12.2. The highest BCUT2D eigenvalue weighted by Crippen LogP contribution is 2.38. The Labute approximate surface area is 173 Å². The predicted molar refractivity (Wildman–Crippen MR) is 121 cm³/mol. The highest BCUT2D eigenvalue weighted by Gasteiger charge is 2.19. The smallest absolute Gasteiger partial charge is 0.151 e. The van der Waals surface area contributed by atoms with Crippen LogP contribution in [0.25, 0.3) is 22.3 Å². The van der Waals surface area contributed by atoms with E-state index in [1.165, 1.54) is 19.3 Å². The summed E-state index contributed by atoms with van der Waals surface area (Å²) in [7, 11) is 0. The first-order valence-corrected chi connectivity index (χ1v) is 10.5. The zero-order valence-corrected chi connectivity index (χ0v) is 17.1. The molecule has 0 saturated heterocycles. The van der Waals surface area contributed by atoms with Crippen LogP contribution in [0.1, 0.15) is 65.3 Å². The lowest BCUT2D eigenvalue weighted by Gasteiger charge is -2.18. The molecular weight excluding hydrogens is 356 g/mol. The lowest BCUT2D eigenvalue weighted by molar-refractivity contribution is 0.109. The fraction of sp³-hybridized carbons (Fsp3) is 0.259. The van der Waals surface area contributed by atoms with E-state index in [4.69, 9.17) is 0 Å². The zero-order chi connectivity index (χ0) is 20.5. The van der Waals surface area contributed by atoms with E-state index in [1.54, 1.807) is 0 Å². The Morgan fingerprint density at radius 3 is 1.86 bits per heavy atom. The van der Waals surface area contributed by atoms with Gasteiger partial charge >= 0.3 is 0 Å². The Bertz CT molecular complexity index is 943. The normalized spacial score (nSPS) is 10.7. The van der Waals surface area contributed by atoms with E-state index in [9.17, 15) is 9.59 Å². The summed E-state index contributed by atoms with van der Waals surface area (Å²) in [5, 5.41) is 0. The van der Waals surface area contributed by atoms with Gasteiger partial charge in [0.15, 0.2) is 12.6 Å². The third kappa shape index (κ3) is 4.89. The fourth-order valence-electron chi connectivity index (χ4n) is 3.93. The minimum absolute atomic E-state index is 0.496. The number of carbonyl (C=O) groups is 2. The van der Waals surface area contributed by atoms with E-state index in [0.717, 1.165) is 59.7 Å². The van der Waals surface area contributed by atoms with Gasteiger partial charge in [-0.05, 0) is 41.2 Å². The molecule has 0 aliphatic heterocycles. The summed E-state index contributed by atoms with van der Waals surface area (Å²) in [6.07, 6.45) is 8.34. The molecule has 0 atom stereocenters. The number of unbranched alkanes of at least 4 members (excludes halogenated alkanes) is 4. The molecule has 0 bridgehead atoms. The summed E-state index contributed by atoms with van der Waals surface area (Å²) in [5.74, 6) is 0. The average molecular weight is 385 g/mol. The highest BCUT2D eigenvalue weighted by atomic mass is 16.1. The van der Waals surface area contributed by atoms with Crippen LogP contribution in [0.3, 0.4) is 0 Å². The van der Waals surface area contributed by atoms with Gasteiger partial charge in [0.2, 0.25) is 0 Å². The summed E-state index contributed by atoms with van der Waals surface area (Å²) >= 11 is 0. The molecule has 0 radical (unpaired) electrons. The van der Waals surface area contributed by atoms with Crippen molar-refractivity contribution >= 4 is 12.6 Å². The molecule has 0 aromatic heterocycles. The average Bonchev–Trinajstić information content (AvgIpc) is 2.79. The Balaban J connectivity index is 2.14. The number of carbonyl (C=O) groups excluding carboxylic acids is 2. The molecule has 2 heteroatoms. The monoisotopic (exact) mass is 384 g/mol. The molecule has 0 amide bonds. The van der Waals surface area contributed by atoms with Crippen molar-refractivity contribution in [3.8, 4) is 22.3 Å². The van der Waals surface area contributed by atoms with Gasteiger partial charge in [-0.3, -0.25) is 9.59 Å². The van der Waals surface area contributed by atoms with E-state index in [2.05, 4.69) is 25.1 Å². The topological polar surface area (TPSA) is 34.1 Å². The highest BCUT2D eigenvalue weighted by molar-refractivity contribution is 6.03. The van der Waals surface area contributed by atoms with Gasteiger partial charge in [-0.1, -0.05) is 93.3 Å². The van der Waals surface area contributed by atoms with Gasteiger partial charge in [0, 0.05) is 16.7 Å². The first-order chi connectivity index (χ1) is 14.3. The second-order valence-corrected chi connectivity index (χ2v) is 7.42. The van der Waals surface area contributed by atoms with Crippen LogP contribution in [0.5, 0.6) is 0 Å². The Kier molecular flexibility index (Phi) is 7.52. The molecular formula is C27H28O2. The van der Waals surface area contributed by atoms with Crippen LogP contribution in [0, 0.1) is 0 Å². The molecule has 29 heavy (non-hydrogen) atoms. The second kappa shape index (κ2) is 10.5. The van der Waals surface area contributed by atoms with Crippen molar-refractivity contribution in [3.05, 3.63) is 83.4 Å². The number of rotatable bonds is 10. The molecule has 0 saturated carbocycles. The SMILES string of the molecule is CCCCCCCc1cc(-c2ccccc2)c(-c2ccccc2)c(C=O)c1C=O. The summed E-state index contributed by atoms with van der Waals surface area (Å²) in [5.41, 5.74) is 5.85. The summed E-state index contributed by atoms with van der Waals surface area (Å²) < 4.78 is 0. The molecule has 148 valence electrons. The Morgan fingerprint density at radius 1 is 0.690 bits per heavy atom. The maximum Gasteiger partial charge on any atom is 0.151 e. The maximum absolute atomic E-state index is 12.2. The number of aldehydes is 2. The first kappa shape index (κ1) is 20.7. The van der Waals surface area contributed by atoms with Gasteiger partial charge in [0.05, 0.1) is 0 Å². The van der Waals surface area contributed by atoms with Gasteiger partial charge in [0.25, 0.3) is 0 Å². The molecule has 0 unspecified atom stereocenters. The molecule has 0 N–H and O–H groups in total. The molecule has 0 fully saturated rings. The van der Waals surface area contributed by atoms with Crippen molar-refractivity contribution in [1.29, 1.82) is 0 Å². The van der Waals surface area contributed by atoms with Crippen molar-refractivity contribution in [2.24, 2.45) is 0 Å². The predicted octanol–water partition coefficient (Wildman–Crippen LogP) is 7.16. The minimum atomic E-state index is 0.496. The van der Waals surface area contributed by atoms with Crippen molar-refractivity contribution in [1.82, 2.24) is 0 Å². The summed E-state index contributed by atoms with van der Waals surface area (Å²) in [6, 6.07) is 22.1. The van der Waals surface area contributed by atoms with Crippen LogP contribution in [-0.4, -0.2) is 12.6 Å². The summed E-state index contributed by atoms with van der Waals surface area (Å²) in [4.78, 5) is 24.2. The van der Waals surface area contributed by atoms with Gasteiger partial charge in [-0.15, -0.1) is 0 Å². The largest absolute Gasteiger partial charge is 0.298 e. The molecule has 3 aromatic carbocycles. The van der Waals surface area contributed by atoms with Crippen LogP contribution < -0.4 is 0 Å². The van der Waals surface area contributed by atoms with Crippen molar-refractivity contribution in [3.63, 3.8) is 0 Å².